The van der Waals surface area contributed by atoms with E-state index in [9.17, 15) is 13.2 Å². The van der Waals surface area contributed by atoms with Crippen LogP contribution in [0.4, 0.5) is 13.2 Å². The fraction of sp³-hybridized carbons (Fsp3) is 1.00. The molecule has 0 bridgehead atoms. The minimum atomic E-state index is -4.32. The predicted octanol–water partition coefficient (Wildman–Crippen LogP) is 3.22. The van der Waals surface area contributed by atoms with Crippen molar-refractivity contribution in [1.82, 2.24) is 0 Å². The van der Waals surface area contributed by atoms with Crippen LogP contribution in [0.5, 0.6) is 0 Å². The molecule has 1 unspecified atom stereocenters. The van der Waals surface area contributed by atoms with E-state index in [1.807, 2.05) is 0 Å². The van der Waals surface area contributed by atoms with Crippen molar-refractivity contribution in [2.45, 2.75) is 10.5 Å². The zero-order chi connectivity index (χ0) is 10.6. The van der Waals surface area contributed by atoms with Gasteiger partial charge in [0.2, 0.25) is 0 Å². The van der Waals surface area contributed by atoms with E-state index in [4.69, 9.17) is 8.42 Å². The highest BCUT2D eigenvalue weighted by atomic mass is 79.9. The van der Waals surface area contributed by atoms with Gasteiger partial charge in [0, 0.05) is 21.4 Å². The van der Waals surface area contributed by atoms with E-state index in [0.29, 0.717) is 0 Å². The Morgan fingerprint density at radius 2 is 1.33 bits per heavy atom. The van der Waals surface area contributed by atoms with Gasteiger partial charge < -0.3 is 0 Å². The molecule has 0 aliphatic heterocycles. The first kappa shape index (κ1) is 15.6. The summed E-state index contributed by atoms with van der Waals surface area (Å²) in [6.45, 7) is 0. The molecular weight excluding hydrogens is 331 g/mol. The second-order valence-electron chi connectivity index (χ2n) is 1.22. The van der Waals surface area contributed by atoms with Gasteiger partial charge >= 0.3 is 14.4 Å². The van der Waals surface area contributed by atoms with Gasteiger partial charge in [-0.05, 0) is 0 Å². The highest BCUT2D eigenvalue weighted by Gasteiger charge is 2.35. The van der Waals surface area contributed by atoms with E-state index in [0.717, 1.165) is 0 Å². The van der Waals surface area contributed by atoms with Crippen molar-refractivity contribution in [2.24, 2.45) is 0 Å². The molecule has 0 aliphatic carbocycles. The minimum absolute atomic E-state index is 1.92. The summed E-state index contributed by atoms with van der Waals surface area (Å²) in [4.78, 5) is 0. The quantitative estimate of drug-likeness (QED) is 0.504. The molecule has 0 aromatic rings. The molecule has 0 N–H and O–H groups in total. The van der Waals surface area contributed by atoms with E-state index in [1.165, 1.54) is 0 Å². The molecule has 0 saturated heterocycles. The lowest BCUT2D eigenvalue weighted by Gasteiger charge is -2.03. The van der Waals surface area contributed by atoms with Crippen molar-refractivity contribution in [1.29, 1.82) is 0 Å². The number of hydrogen-bond donors (Lipinski definition) is 0. The van der Waals surface area contributed by atoms with Crippen LogP contribution in [0.3, 0.4) is 0 Å². The molecule has 0 aromatic carbocycles. The zero-order valence-electron chi connectivity index (χ0n) is 4.95. The second-order valence-corrected chi connectivity index (χ2v) is 6.77. The van der Waals surface area contributed by atoms with Gasteiger partial charge in [-0.3, -0.25) is 0 Å². The molecule has 12 heavy (non-hydrogen) atoms. The molecule has 0 saturated carbocycles. The van der Waals surface area contributed by atoms with Crippen LogP contribution < -0.4 is 0 Å². The van der Waals surface area contributed by atoms with Gasteiger partial charge in [0.1, 0.15) is 0 Å². The molecule has 2 nitrogen and oxygen atoms in total. The van der Waals surface area contributed by atoms with E-state index < -0.39 is 18.7 Å². The molecule has 0 spiro atoms. The highest BCUT2D eigenvalue weighted by Crippen LogP contribution is 2.28. The predicted molar refractivity (Wildman–Crippen MR) is 45.2 cm³/mol. The second kappa shape index (κ2) is 5.74. The molecule has 10 heteroatoms. The zero-order valence-corrected chi connectivity index (χ0v) is 9.62. The highest BCUT2D eigenvalue weighted by molar-refractivity contribution is 9.10. The molecular formula is C2HBrCl3F3O2S. The smallest absolute Gasteiger partial charge is 0.195 e. The molecule has 76 valence electrons. The summed E-state index contributed by atoms with van der Waals surface area (Å²) < 4.78 is 49.4. The lowest BCUT2D eigenvalue weighted by atomic mass is 10.8. The summed E-state index contributed by atoms with van der Waals surface area (Å²) in [5, 5.41) is 0. The molecule has 0 amide bonds. The maximum absolute atomic E-state index is 11.0. The van der Waals surface area contributed by atoms with Gasteiger partial charge in [-0.2, -0.15) is 21.6 Å². The first-order valence-electron chi connectivity index (χ1n) is 1.93. The molecule has 0 radical (unpaired) electrons. The first-order valence-corrected chi connectivity index (χ1v) is 6.42. The van der Waals surface area contributed by atoms with E-state index >= 15 is 0 Å². The maximum Gasteiger partial charge on any atom is 0.414 e. The van der Waals surface area contributed by atoms with Crippen LogP contribution >= 0.6 is 48.9 Å². The summed E-state index contributed by atoms with van der Waals surface area (Å²) in [5.41, 5.74) is 0. The summed E-state index contributed by atoms with van der Waals surface area (Å²) in [6.07, 6.45) is -4.32. The largest absolute Gasteiger partial charge is 0.414 e. The third-order valence-electron chi connectivity index (χ3n) is 0.247. The van der Waals surface area contributed by atoms with Crippen molar-refractivity contribution < 1.29 is 21.6 Å². The fourth-order valence-electron chi connectivity index (χ4n) is 0. The Balaban J connectivity index is 0. The van der Waals surface area contributed by atoms with Crippen LogP contribution in [0.25, 0.3) is 0 Å². The summed E-state index contributed by atoms with van der Waals surface area (Å²) in [6, 6.07) is 0. The fourth-order valence-corrected chi connectivity index (χ4v) is 0. The Labute approximate surface area is 89.0 Å². The van der Waals surface area contributed by atoms with E-state index in [1.54, 1.807) is 0 Å². The third kappa shape index (κ3) is 22.5. The normalized spacial score (nSPS) is 14.6. The van der Waals surface area contributed by atoms with Crippen LogP contribution in [-0.4, -0.2) is 18.9 Å². The molecule has 0 aliphatic rings. The van der Waals surface area contributed by atoms with Crippen molar-refractivity contribution in [3.63, 3.8) is 0 Å². The Kier molecular flexibility index (Phi) is 7.45. The Morgan fingerprint density at radius 1 is 1.25 bits per heavy atom. The van der Waals surface area contributed by atoms with E-state index in [2.05, 4.69) is 48.9 Å². The average molecular weight is 332 g/mol. The number of hydrogen-bond acceptors (Lipinski definition) is 2. The van der Waals surface area contributed by atoms with Crippen molar-refractivity contribution in [2.75, 3.05) is 0 Å². The van der Waals surface area contributed by atoms with Crippen LogP contribution in [0.1, 0.15) is 0 Å². The van der Waals surface area contributed by atoms with Crippen molar-refractivity contribution in [3.8, 4) is 0 Å². The first-order chi connectivity index (χ1) is 4.94. The summed E-state index contributed by atoms with van der Waals surface area (Å²) in [7, 11) is 4.81. The SMILES string of the molecule is FC(F)(F)C(Cl)Br.O=S(=O)(Cl)Cl. The lowest BCUT2D eigenvalue weighted by Crippen LogP contribution is -2.16. The van der Waals surface area contributed by atoms with Gasteiger partial charge in [-0.25, -0.2) is 0 Å². The molecule has 0 fully saturated rings. The monoisotopic (exact) mass is 330 g/mol. The number of halogens is 7. The standard InChI is InChI=1S/C2HBrClF3.Cl2O2S/c3-1(4)2(5,6)7;1-5(2,3)4/h1H;. The average Bonchev–Trinajstić information content (AvgIpc) is 1.55. The van der Waals surface area contributed by atoms with Crippen LogP contribution in [0.2, 0.25) is 0 Å². The van der Waals surface area contributed by atoms with Crippen LogP contribution in [-0.2, 0) is 8.26 Å². The topological polar surface area (TPSA) is 34.1 Å². The van der Waals surface area contributed by atoms with Gasteiger partial charge in [-0.15, -0.1) is 11.6 Å². The maximum atomic E-state index is 11.0. The number of alkyl halides is 5. The van der Waals surface area contributed by atoms with Crippen LogP contribution in [0, 0.1) is 0 Å². The Hall–Kier alpha value is 1.09. The molecule has 0 heterocycles. The van der Waals surface area contributed by atoms with Crippen LogP contribution in [0.15, 0.2) is 0 Å². The minimum Gasteiger partial charge on any atom is -0.195 e. The summed E-state index contributed by atoms with van der Waals surface area (Å²) >= 11 is 6.68. The van der Waals surface area contributed by atoms with Gasteiger partial charge in [-0.1, -0.05) is 15.9 Å². The summed E-state index contributed by atoms with van der Waals surface area (Å²) in [5.74, 6) is 0. The van der Waals surface area contributed by atoms with Gasteiger partial charge in [0.15, 0.2) is 4.29 Å². The van der Waals surface area contributed by atoms with Crippen molar-refractivity contribution in [3.05, 3.63) is 0 Å². The number of rotatable bonds is 0. The molecule has 0 rings (SSSR count). The molecule has 0 aromatic heterocycles. The third-order valence-corrected chi connectivity index (χ3v) is 1.01. The Bertz CT molecular complexity index is 204. The van der Waals surface area contributed by atoms with Gasteiger partial charge in [0.05, 0.1) is 0 Å². The van der Waals surface area contributed by atoms with E-state index in [-0.39, 0.29) is 0 Å². The van der Waals surface area contributed by atoms with Gasteiger partial charge in [0.25, 0.3) is 0 Å². The van der Waals surface area contributed by atoms with Crippen molar-refractivity contribution >= 4 is 57.2 Å². The molecule has 1 atom stereocenters. The lowest BCUT2D eigenvalue weighted by molar-refractivity contribution is -0.112. The Morgan fingerprint density at radius 3 is 1.33 bits per heavy atom.